The highest BCUT2D eigenvalue weighted by Crippen LogP contribution is 2.46. The first-order valence-corrected chi connectivity index (χ1v) is 10.0. The fourth-order valence-electron chi connectivity index (χ4n) is 1.71. The highest BCUT2D eigenvalue weighted by molar-refractivity contribution is 9.10. The van der Waals surface area contributed by atoms with Gasteiger partial charge in [0.05, 0.1) is 9.17 Å². The van der Waals surface area contributed by atoms with Gasteiger partial charge in [0, 0.05) is 12.3 Å². The normalized spacial score (nSPS) is 12.0. The molecule has 0 aliphatic carbocycles. The predicted molar refractivity (Wildman–Crippen MR) is 85.9 cm³/mol. The molecule has 1 aromatic carbocycles. The number of nitrogen functional groups attached to an aromatic ring is 1. The lowest BCUT2D eigenvalue weighted by Gasteiger charge is -2.15. The Morgan fingerprint density at radius 1 is 1.50 bits per heavy atom. The molecular formula is C12H15BrFN2O2PS. The topological polar surface area (TPSA) is 65.2 Å². The van der Waals surface area contributed by atoms with Crippen molar-refractivity contribution in [2.45, 2.75) is 13.8 Å². The van der Waals surface area contributed by atoms with Crippen LogP contribution in [0.5, 0.6) is 5.75 Å². The molecule has 4 nitrogen and oxygen atoms in total. The average Bonchev–Trinajstić information content (AvgIpc) is 2.83. The van der Waals surface area contributed by atoms with Gasteiger partial charge in [-0.3, -0.25) is 0 Å². The van der Waals surface area contributed by atoms with E-state index in [1.807, 2.05) is 13.8 Å². The molecule has 20 heavy (non-hydrogen) atoms. The number of fused-ring (bicyclic) bond motifs is 1. The van der Waals surface area contributed by atoms with E-state index >= 15 is 0 Å². The van der Waals surface area contributed by atoms with Gasteiger partial charge in [0.1, 0.15) is 24.8 Å². The standard InChI is InChI=1S/C12H15BrFN2O2PS/c1-3-19(17,4-2)6-18-8-5-7(13)9(14)11-10(8)16-12(15)20-11/h5H,3-4,6H2,1-2H3,(H2,15,16). The van der Waals surface area contributed by atoms with Crippen molar-refractivity contribution in [1.29, 1.82) is 0 Å². The van der Waals surface area contributed by atoms with Crippen LogP contribution in [0.15, 0.2) is 10.5 Å². The maximum atomic E-state index is 14.0. The van der Waals surface area contributed by atoms with Gasteiger partial charge in [-0.15, -0.1) is 0 Å². The lowest BCUT2D eigenvalue weighted by molar-refractivity contribution is 0.379. The zero-order valence-electron chi connectivity index (χ0n) is 11.2. The molecule has 2 N–H and O–H groups in total. The number of rotatable bonds is 5. The van der Waals surface area contributed by atoms with E-state index in [-0.39, 0.29) is 16.0 Å². The number of nitrogens with two attached hydrogens (primary N) is 1. The van der Waals surface area contributed by atoms with Crippen molar-refractivity contribution in [3.05, 3.63) is 16.4 Å². The number of benzene rings is 1. The molecule has 0 aliphatic heterocycles. The molecule has 0 radical (unpaired) electrons. The molecule has 8 heteroatoms. The van der Waals surface area contributed by atoms with Crippen molar-refractivity contribution < 1.29 is 13.7 Å². The Balaban J connectivity index is 2.40. The van der Waals surface area contributed by atoms with E-state index in [0.717, 1.165) is 11.3 Å². The molecule has 0 fully saturated rings. The molecule has 2 aromatic rings. The number of aromatic nitrogens is 1. The van der Waals surface area contributed by atoms with E-state index < -0.39 is 13.0 Å². The largest absolute Gasteiger partial charge is 0.484 e. The minimum Gasteiger partial charge on any atom is -0.484 e. The predicted octanol–water partition coefficient (Wildman–Crippen LogP) is 4.52. The summed E-state index contributed by atoms with van der Waals surface area (Å²) < 4.78 is 32.6. The van der Waals surface area contributed by atoms with Gasteiger partial charge in [-0.25, -0.2) is 9.37 Å². The molecule has 0 atom stereocenters. The second kappa shape index (κ2) is 6.00. The fourth-order valence-corrected chi connectivity index (χ4v) is 4.22. The number of anilines is 1. The van der Waals surface area contributed by atoms with Crippen LogP contribution in [0, 0.1) is 5.82 Å². The fraction of sp³-hybridized carbons (Fsp3) is 0.417. The third-order valence-electron chi connectivity index (χ3n) is 3.15. The van der Waals surface area contributed by atoms with Crippen LogP contribution in [0.3, 0.4) is 0 Å². The summed E-state index contributed by atoms with van der Waals surface area (Å²) >= 11 is 4.21. The van der Waals surface area contributed by atoms with E-state index in [4.69, 9.17) is 10.5 Å². The van der Waals surface area contributed by atoms with Gasteiger partial charge in [-0.2, -0.15) is 0 Å². The van der Waals surface area contributed by atoms with Gasteiger partial charge in [0.25, 0.3) is 0 Å². The second-order valence-electron chi connectivity index (χ2n) is 4.36. The lowest BCUT2D eigenvalue weighted by Crippen LogP contribution is -2.03. The summed E-state index contributed by atoms with van der Waals surface area (Å²) in [6, 6.07) is 1.51. The van der Waals surface area contributed by atoms with Gasteiger partial charge in [-0.1, -0.05) is 25.2 Å². The molecule has 2 rings (SSSR count). The van der Waals surface area contributed by atoms with Crippen molar-refractivity contribution in [3.63, 3.8) is 0 Å². The van der Waals surface area contributed by atoms with Crippen LogP contribution >= 0.6 is 34.4 Å². The Hall–Kier alpha value is -0.650. The summed E-state index contributed by atoms with van der Waals surface area (Å²) in [7, 11) is -2.33. The van der Waals surface area contributed by atoms with Gasteiger partial charge >= 0.3 is 0 Å². The number of thiazole rings is 1. The highest BCUT2D eigenvalue weighted by atomic mass is 79.9. The number of nitrogens with zero attached hydrogens (tertiary/aromatic N) is 1. The Morgan fingerprint density at radius 3 is 2.75 bits per heavy atom. The maximum absolute atomic E-state index is 14.0. The maximum Gasteiger partial charge on any atom is 0.181 e. The van der Waals surface area contributed by atoms with Gasteiger partial charge in [0.15, 0.2) is 10.9 Å². The second-order valence-corrected chi connectivity index (χ2v) is 9.89. The van der Waals surface area contributed by atoms with E-state index in [9.17, 15) is 8.96 Å². The lowest BCUT2D eigenvalue weighted by atomic mass is 10.3. The zero-order valence-corrected chi connectivity index (χ0v) is 14.4. The first kappa shape index (κ1) is 15.7. The molecule has 0 saturated heterocycles. The minimum absolute atomic E-state index is 0.130. The molecule has 0 spiro atoms. The van der Waals surface area contributed by atoms with Crippen LogP contribution in [0.4, 0.5) is 9.52 Å². The Morgan fingerprint density at radius 2 is 2.15 bits per heavy atom. The van der Waals surface area contributed by atoms with Crippen LogP contribution in [0.2, 0.25) is 0 Å². The van der Waals surface area contributed by atoms with E-state index in [1.54, 1.807) is 0 Å². The zero-order chi connectivity index (χ0) is 14.9. The van der Waals surface area contributed by atoms with Gasteiger partial charge < -0.3 is 15.0 Å². The van der Waals surface area contributed by atoms with Crippen LogP contribution in [0.1, 0.15) is 13.8 Å². The van der Waals surface area contributed by atoms with Crippen LogP contribution < -0.4 is 10.5 Å². The van der Waals surface area contributed by atoms with Crippen LogP contribution in [0.25, 0.3) is 10.2 Å². The SMILES string of the molecule is CCP(=O)(CC)COc1cc(Br)c(F)c2sc(N)nc12. The van der Waals surface area contributed by atoms with Crippen LogP contribution in [-0.2, 0) is 4.57 Å². The molecule has 110 valence electrons. The minimum atomic E-state index is -2.33. The monoisotopic (exact) mass is 380 g/mol. The summed E-state index contributed by atoms with van der Waals surface area (Å²) in [5, 5.41) is 0.274. The molecule has 0 saturated carbocycles. The number of halogens is 2. The summed E-state index contributed by atoms with van der Waals surface area (Å²) in [4.78, 5) is 4.09. The van der Waals surface area contributed by atoms with E-state index in [1.165, 1.54) is 6.07 Å². The van der Waals surface area contributed by atoms with Crippen molar-refractivity contribution >= 4 is 49.8 Å². The molecule has 0 unspecified atom stereocenters. The Bertz CT molecular complexity index is 684. The molecular weight excluding hydrogens is 366 g/mol. The number of hydrogen-bond donors (Lipinski definition) is 1. The molecule has 0 amide bonds. The molecule has 1 aromatic heterocycles. The van der Waals surface area contributed by atoms with Crippen molar-refractivity contribution in [2.75, 3.05) is 24.4 Å². The number of ether oxygens (including phenoxy) is 1. The molecule has 0 bridgehead atoms. The summed E-state index contributed by atoms with van der Waals surface area (Å²) in [5.74, 6) is -0.000865. The van der Waals surface area contributed by atoms with Crippen molar-refractivity contribution in [2.24, 2.45) is 0 Å². The van der Waals surface area contributed by atoms with Crippen molar-refractivity contribution in [3.8, 4) is 5.75 Å². The van der Waals surface area contributed by atoms with E-state index in [0.29, 0.717) is 28.3 Å². The Labute approximate surface area is 129 Å². The van der Waals surface area contributed by atoms with Crippen molar-refractivity contribution in [1.82, 2.24) is 4.98 Å². The first-order chi connectivity index (χ1) is 9.40. The summed E-state index contributed by atoms with van der Waals surface area (Å²) in [6.45, 7) is 3.76. The summed E-state index contributed by atoms with van der Waals surface area (Å²) in [5.41, 5.74) is 6.01. The third kappa shape index (κ3) is 3.00. The van der Waals surface area contributed by atoms with Gasteiger partial charge in [0.2, 0.25) is 0 Å². The third-order valence-corrected chi connectivity index (χ3v) is 7.51. The summed E-state index contributed by atoms with van der Waals surface area (Å²) in [6.07, 6.45) is 1.28. The molecule has 1 heterocycles. The van der Waals surface area contributed by atoms with Crippen LogP contribution in [-0.4, -0.2) is 23.7 Å². The molecule has 0 aliphatic rings. The quantitative estimate of drug-likeness (QED) is 0.774. The Kier molecular flexibility index (Phi) is 4.72. The smallest absolute Gasteiger partial charge is 0.181 e. The highest BCUT2D eigenvalue weighted by Gasteiger charge is 2.21. The van der Waals surface area contributed by atoms with E-state index in [2.05, 4.69) is 20.9 Å². The average molecular weight is 381 g/mol. The number of hydrogen-bond acceptors (Lipinski definition) is 5. The van der Waals surface area contributed by atoms with Gasteiger partial charge in [-0.05, 0) is 22.0 Å². The first-order valence-electron chi connectivity index (χ1n) is 6.14.